The van der Waals surface area contributed by atoms with Gasteiger partial charge in [-0.25, -0.2) is 0 Å². The van der Waals surface area contributed by atoms with Crippen molar-refractivity contribution in [3.05, 3.63) is 0 Å². The predicted molar refractivity (Wildman–Crippen MR) is 50.5 cm³/mol. The minimum atomic E-state index is 0.00148. The number of oxime groups is 1. The first kappa shape index (κ1) is 11.7. The molecule has 5 nitrogen and oxygen atoms in total. The van der Waals surface area contributed by atoms with Crippen molar-refractivity contribution < 1.29 is 10.0 Å². The van der Waals surface area contributed by atoms with Crippen LogP contribution in [0, 0.1) is 0 Å². The van der Waals surface area contributed by atoms with Gasteiger partial charge in [0, 0.05) is 12.5 Å². The molecule has 0 aliphatic carbocycles. The van der Waals surface area contributed by atoms with Gasteiger partial charge in [0.1, 0.15) is 0 Å². The molecule has 0 saturated heterocycles. The van der Waals surface area contributed by atoms with E-state index in [1.54, 1.807) is 11.8 Å². The molecular formula is C8H17N3O2. The number of carbonyl (C=O) groups excluding carboxylic acids is 1. The Bertz CT molecular complexity index is 202. The summed E-state index contributed by atoms with van der Waals surface area (Å²) < 4.78 is 0. The van der Waals surface area contributed by atoms with Crippen LogP contribution in [0.4, 0.5) is 0 Å². The van der Waals surface area contributed by atoms with Crippen LogP contribution in [0.15, 0.2) is 5.16 Å². The highest BCUT2D eigenvalue weighted by Gasteiger charge is 2.16. The molecule has 0 atom stereocenters. The number of hydrogen-bond donors (Lipinski definition) is 2. The maximum absolute atomic E-state index is 11.3. The Morgan fingerprint density at radius 2 is 2.15 bits per heavy atom. The minimum Gasteiger partial charge on any atom is -0.409 e. The second-order valence-electron chi connectivity index (χ2n) is 3.06. The fourth-order valence-corrected chi connectivity index (χ4v) is 0.968. The second kappa shape index (κ2) is 5.40. The number of nitrogens with zero attached hydrogens (tertiary/aromatic N) is 2. The Balaban J connectivity index is 4.35. The van der Waals surface area contributed by atoms with Gasteiger partial charge in [0.25, 0.3) is 0 Å². The summed E-state index contributed by atoms with van der Waals surface area (Å²) >= 11 is 0. The van der Waals surface area contributed by atoms with Gasteiger partial charge in [-0.15, -0.1) is 0 Å². The minimum absolute atomic E-state index is 0.00148. The summed E-state index contributed by atoms with van der Waals surface area (Å²) in [5.74, 6) is 0.0529. The number of amides is 1. The van der Waals surface area contributed by atoms with Gasteiger partial charge < -0.3 is 15.8 Å². The monoisotopic (exact) mass is 187 g/mol. The van der Waals surface area contributed by atoms with Gasteiger partial charge in [-0.1, -0.05) is 12.1 Å². The average molecular weight is 187 g/mol. The summed E-state index contributed by atoms with van der Waals surface area (Å²) in [6.07, 6.45) is 0.427. The average Bonchev–Trinajstić information content (AvgIpc) is 2.11. The Kier molecular flexibility index (Phi) is 4.87. The summed E-state index contributed by atoms with van der Waals surface area (Å²) in [6.45, 7) is 5.74. The highest BCUT2D eigenvalue weighted by atomic mass is 16.4. The summed E-state index contributed by atoms with van der Waals surface area (Å²) in [6, 6.07) is 0.0627. The van der Waals surface area contributed by atoms with E-state index < -0.39 is 0 Å². The molecule has 3 N–H and O–H groups in total. The number of amidine groups is 1. The van der Waals surface area contributed by atoms with Gasteiger partial charge in [-0.05, 0) is 13.8 Å². The summed E-state index contributed by atoms with van der Waals surface area (Å²) in [4.78, 5) is 12.9. The van der Waals surface area contributed by atoms with Crippen molar-refractivity contribution in [3.8, 4) is 0 Å². The highest BCUT2D eigenvalue weighted by Crippen LogP contribution is 2.00. The number of rotatable bonds is 4. The molecule has 0 aliphatic heterocycles. The molecule has 13 heavy (non-hydrogen) atoms. The van der Waals surface area contributed by atoms with Crippen LogP contribution >= 0.6 is 0 Å². The third-order valence-corrected chi connectivity index (χ3v) is 1.71. The lowest BCUT2D eigenvalue weighted by atomic mass is 10.2. The maximum atomic E-state index is 11.3. The van der Waals surface area contributed by atoms with Crippen molar-refractivity contribution in [1.82, 2.24) is 4.90 Å². The molecule has 0 unspecified atom stereocenters. The molecule has 0 aliphatic rings. The van der Waals surface area contributed by atoms with Crippen LogP contribution in [0.2, 0.25) is 0 Å². The van der Waals surface area contributed by atoms with Crippen LogP contribution in [0.5, 0.6) is 0 Å². The molecule has 1 amide bonds. The largest absolute Gasteiger partial charge is 0.409 e. The zero-order valence-electron chi connectivity index (χ0n) is 8.32. The smallest absolute Gasteiger partial charge is 0.222 e. The van der Waals surface area contributed by atoms with E-state index >= 15 is 0 Å². The Morgan fingerprint density at radius 1 is 1.62 bits per heavy atom. The molecule has 0 spiro atoms. The third kappa shape index (κ3) is 3.78. The molecule has 0 fully saturated rings. The molecular weight excluding hydrogens is 170 g/mol. The van der Waals surface area contributed by atoms with Gasteiger partial charge in [0.15, 0.2) is 5.84 Å². The Labute approximate surface area is 78.2 Å². The van der Waals surface area contributed by atoms with Crippen molar-refractivity contribution in [2.75, 3.05) is 6.54 Å². The van der Waals surface area contributed by atoms with Crippen LogP contribution in [0.25, 0.3) is 0 Å². The van der Waals surface area contributed by atoms with E-state index in [0.717, 1.165) is 0 Å². The summed E-state index contributed by atoms with van der Waals surface area (Å²) in [5.41, 5.74) is 5.31. The second-order valence-corrected chi connectivity index (χ2v) is 3.06. The first-order chi connectivity index (χ1) is 6.02. The predicted octanol–water partition coefficient (Wildman–Crippen LogP) is 0.380. The lowest BCUT2D eigenvalue weighted by molar-refractivity contribution is -0.131. The van der Waals surface area contributed by atoms with Gasteiger partial charge in [-0.2, -0.15) is 0 Å². The van der Waals surface area contributed by atoms with Crippen molar-refractivity contribution >= 4 is 11.7 Å². The normalized spacial score (nSPS) is 11.8. The highest BCUT2D eigenvalue weighted by molar-refractivity contribution is 5.86. The van der Waals surface area contributed by atoms with Crippen LogP contribution in [0.3, 0.4) is 0 Å². The van der Waals surface area contributed by atoms with Crippen molar-refractivity contribution in [3.63, 3.8) is 0 Å². The molecule has 0 saturated carbocycles. The maximum Gasteiger partial charge on any atom is 0.222 e. The van der Waals surface area contributed by atoms with Gasteiger partial charge >= 0.3 is 0 Å². The zero-order chi connectivity index (χ0) is 10.4. The molecule has 76 valence electrons. The quantitative estimate of drug-likeness (QED) is 0.289. The summed E-state index contributed by atoms with van der Waals surface area (Å²) in [7, 11) is 0. The third-order valence-electron chi connectivity index (χ3n) is 1.71. The van der Waals surface area contributed by atoms with Gasteiger partial charge in [0.05, 0.1) is 6.54 Å². The molecule has 0 rings (SSSR count). The summed E-state index contributed by atoms with van der Waals surface area (Å²) in [5, 5.41) is 11.2. The van der Waals surface area contributed by atoms with Crippen LogP contribution in [0.1, 0.15) is 27.2 Å². The topological polar surface area (TPSA) is 78.9 Å². The van der Waals surface area contributed by atoms with Gasteiger partial charge in [0.2, 0.25) is 5.91 Å². The van der Waals surface area contributed by atoms with Crippen molar-refractivity contribution in [2.45, 2.75) is 33.2 Å². The standard InChI is InChI=1S/C8H17N3O2/c1-4-8(12)11(6(2)3)5-7(9)10-13/h6,13H,4-5H2,1-3H3,(H2,9,10). The van der Waals surface area contributed by atoms with Crippen LogP contribution < -0.4 is 5.73 Å². The number of carbonyl (C=O) groups is 1. The van der Waals surface area contributed by atoms with Crippen LogP contribution in [-0.4, -0.2) is 34.4 Å². The van der Waals surface area contributed by atoms with E-state index in [1.807, 2.05) is 13.8 Å². The first-order valence-electron chi connectivity index (χ1n) is 4.28. The molecule has 5 heteroatoms. The molecule has 0 radical (unpaired) electrons. The molecule has 0 aromatic carbocycles. The van der Waals surface area contributed by atoms with Crippen LogP contribution in [-0.2, 0) is 4.79 Å². The SMILES string of the molecule is CCC(=O)N(CC(N)=NO)C(C)C. The van der Waals surface area contributed by atoms with E-state index in [1.165, 1.54) is 0 Å². The molecule has 0 bridgehead atoms. The number of hydrogen-bond acceptors (Lipinski definition) is 3. The first-order valence-corrected chi connectivity index (χ1v) is 4.28. The lowest BCUT2D eigenvalue weighted by Gasteiger charge is -2.25. The fourth-order valence-electron chi connectivity index (χ4n) is 0.968. The van der Waals surface area contributed by atoms with E-state index in [0.29, 0.717) is 6.42 Å². The van der Waals surface area contributed by atoms with Gasteiger partial charge in [-0.3, -0.25) is 4.79 Å². The van der Waals surface area contributed by atoms with Crippen molar-refractivity contribution in [1.29, 1.82) is 0 Å². The fraction of sp³-hybridized carbons (Fsp3) is 0.750. The zero-order valence-corrected chi connectivity index (χ0v) is 8.32. The van der Waals surface area contributed by atoms with E-state index in [4.69, 9.17) is 10.9 Å². The Morgan fingerprint density at radius 3 is 2.46 bits per heavy atom. The Hall–Kier alpha value is -1.26. The lowest BCUT2D eigenvalue weighted by Crippen LogP contribution is -2.42. The molecule has 0 aromatic rings. The van der Waals surface area contributed by atoms with E-state index in [-0.39, 0.29) is 24.3 Å². The van der Waals surface area contributed by atoms with Crippen molar-refractivity contribution in [2.24, 2.45) is 10.9 Å². The number of nitrogens with two attached hydrogens (primary N) is 1. The molecule has 0 heterocycles. The molecule has 0 aromatic heterocycles. The van der Waals surface area contributed by atoms with E-state index in [2.05, 4.69) is 5.16 Å². The van der Waals surface area contributed by atoms with E-state index in [9.17, 15) is 4.79 Å².